The van der Waals surface area contributed by atoms with Crippen LogP contribution in [0.1, 0.15) is 62.6 Å². The summed E-state index contributed by atoms with van der Waals surface area (Å²) >= 11 is 2.06. The number of allylic oxidation sites excluding steroid dienone is 1. The summed E-state index contributed by atoms with van der Waals surface area (Å²) in [5.41, 5.74) is 8.71. The van der Waals surface area contributed by atoms with Gasteiger partial charge in [-0.05, 0) is 61.8 Å². The molecule has 2 heteroatoms. The first-order chi connectivity index (χ1) is 9.72. The lowest BCUT2D eigenvalue weighted by molar-refractivity contribution is 0.814. The lowest BCUT2D eigenvalue weighted by Crippen LogP contribution is -2.07. The molecule has 2 fully saturated rings. The first-order valence-corrected chi connectivity index (χ1v) is 8.85. The van der Waals surface area contributed by atoms with Gasteiger partial charge in [0.05, 0.1) is 0 Å². The summed E-state index contributed by atoms with van der Waals surface area (Å²) in [4.78, 5) is 1.41. The Kier molecular flexibility index (Phi) is 4.52. The Hall–Kier alpha value is -0.730. The second-order valence-electron chi connectivity index (χ2n) is 6.30. The predicted molar refractivity (Wildman–Crippen MR) is 88.9 cm³/mol. The molecule has 108 valence electrons. The minimum Gasteiger partial charge on any atom is -0.324 e. The van der Waals surface area contributed by atoms with E-state index in [-0.39, 0.29) is 6.04 Å². The third-order valence-electron chi connectivity index (χ3n) is 4.32. The van der Waals surface area contributed by atoms with Gasteiger partial charge in [-0.3, -0.25) is 0 Å². The standard InChI is InChI=1S/C18H25NS/c1-13(19)18-11-10-17(20-16-4-2-3-5-16)12-15(18)9-8-14-6-7-14/h8-14,16H,2-7,19H2,1H3/b9-8+/t13-/m1/s1. The number of thioether (sulfide) groups is 1. The highest BCUT2D eigenvalue weighted by atomic mass is 32.2. The Morgan fingerprint density at radius 3 is 2.60 bits per heavy atom. The first kappa shape index (κ1) is 14.2. The quantitative estimate of drug-likeness (QED) is 0.809. The fourth-order valence-electron chi connectivity index (χ4n) is 2.91. The average Bonchev–Trinajstić information content (AvgIpc) is 3.13. The summed E-state index contributed by atoms with van der Waals surface area (Å²) in [5.74, 6) is 0.821. The molecule has 2 saturated carbocycles. The summed E-state index contributed by atoms with van der Waals surface area (Å²) in [5, 5.41) is 0.830. The van der Waals surface area contributed by atoms with Crippen molar-refractivity contribution in [3.05, 3.63) is 35.4 Å². The number of rotatable bonds is 5. The molecule has 2 N–H and O–H groups in total. The molecule has 1 atom stereocenters. The van der Waals surface area contributed by atoms with Gasteiger partial charge >= 0.3 is 0 Å². The fourth-order valence-corrected chi connectivity index (χ4v) is 4.21. The topological polar surface area (TPSA) is 26.0 Å². The number of nitrogens with two attached hydrogens (primary N) is 1. The van der Waals surface area contributed by atoms with Crippen LogP contribution in [0.4, 0.5) is 0 Å². The predicted octanol–water partition coefficient (Wildman–Crippen LogP) is 5.16. The van der Waals surface area contributed by atoms with Crippen LogP contribution in [0.25, 0.3) is 6.08 Å². The van der Waals surface area contributed by atoms with E-state index >= 15 is 0 Å². The van der Waals surface area contributed by atoms with Crippen LogP contribution >= 0.6 is 11.8 Å². The minimum atomic E-state index is 0.111. The van der Waals surface area contributed by atoms with E-state index in [4.69, 9.17) is 5.73 Å². The number of hydrogen-bond donors (Lipinski definition) is 1. The minimum absolute atomic E-state index is 0.111. The van der Waals surface area contributed by atoms with Gasteiger partial charge in [-0.25, -0.2) is 0 Å². The first-order valence-electron chi connectivity index (χ1n) is 7.97. The third-order valence-corrected chi connectivity index (χ3v) is 5.65. The van der Waals surface area contributed by atoms with Crippen molar-refractivity contribution in [1.82, 2.24) is 0 Å². The van der Waals surface area contributed by atoms with Gasteiger partial charge < -0.3 is 5.73 Å². The van der Waals surface area contributed by atoms with Crippen LogP contribution in [0.3, 0.4) is 0 Å². The molecule has 0 aromatic heterocycles. The van der Waals surface area contributed by atoms with Crippen molar-refractivity contribution in [3.63, 3.8) is 0 Å². The van der Waals surface area contributed by atoms with E-state index in [0.29, 0.717) is 0 Å². The molecule has 2 aliphatic rings. The van der Waals surface area contributed by atoms with Crippen molar-refractivity contribution in [2.75, 3.05) is 0 Å². The Bertz CT molecular complexity index is 482. The van der Waals surface area contributed by atoms with Crippen molar-refractivity contribution < 1.29 is 0 Å². The van der Waals surface area contributed by atoms with Gasteiger partial charge in [0.1, 0.15) is 0 Å². The zero-order chi connectivity index (χ0) is 13.9. The molecule has 1 aromatic carbocycles. The molecule has 20 heavy (non-hydrogen) atoms. The van der Waals surface area contributed by atoms with Crippen LogP contribution in [-0.2, 0) is 0 Å². The second-order valence-corrected chi connectivity index (χ2v) is 7.67. The molecule has 0 radical (unpaired) electrons. The van der Waals surface area contributed by atoms with Crippen LogP contribution < -0.4 is 5.73 Å². The van der Waals surface area contributed by atoms with E-state index in [2.05, 4.69) is 49.0 Å². The van der Waals surface area contributed by atoms with Gasteiger partial charge in [-0.1, -0.05) is 31.1 Å². The maximum absolute atomic E-state index is 6.11. The van der Waals surface area contributed by atoms with Crippen molar-refractivity contribution in [2.24, 2.45) is 11.7 Å². The molecule has 0 amide bonds. The molecule has 0 unspecified atom stereocenters. The van der Waals surface area contributed by atoms with Crippen LogP contribution in [0.15, 0.2) is 29.2 Å². The highest BCUT2D eigenvalue weighted by Crippen LogP contribution is 2.36. The molecule has 3 rings (SSSR count). The van der Waals surface area contributed by atoms with E-state index in [1.54, 1.807) is 0 Å². The van der Waals surface area contributed by atoms with E-state index in [0.717, 1.165) is 11.2 Å². The molecule has 1 aromatic rings. The van der Waals surface area contributed by atoms with E-state index in [1.165, 1.54) is 54.5 Å². The lowest BCUT2D eigenvalue weighted by atomic mass is 10.0. The Morgan fingerprint density at radius 1 is 1.20 bits per heavy atom. The molecule has 1 nitrogen and oxygen atoms in total. The summed E-state index contributed by atoms with van der Waals surface area (Å²) in [6, 6.07) is 6.95. The van der Waals surface area contributed by atoms with Crippen LogP contribution in [0.5, 0.6) is 0 Å². The molecule has 0 bridgehead atoms. The number of benzene rings is 1. The van der Waals surface area contributed by atoms with Gasteiger partial charge in [0, 0.05) is 16.2 Å². The largest absolute Gasteiger partial charge is 0.324 e. The Balaban J connectivity index is 1.78. The highest BCUT2D eigenvalue weighted by molar-refractivity contribution is 8.00. The van der Waals surface area contributed by atoms with Crippen LogP contribution in [-0.4, -0.2) is 5.25 Å². The molecule has 0 saturated heterocycles. The van der Waals surface area contributed by atoms with Gasteiger partial charge in [0.25, 0.3) is 0 Å². The zero-order valence-corrected chi connectivity index (χ0v) is 13.2. The molecular weight excluding hydrogens is 262 g/mol. The van der Waals surface area contributed by atoms with Crippen molar-refractivity contribution >= 4 is 17.8 Å². The van der Waals surface area contributed by atoms with Crippen LogP contribution in [0, 0.1) is 5.92 Å². The Morgan fingerprint density at radius 2 is 1.95 bits per heavy atom. The monoisotopic (exact) mass is 287 g/mol. The van der Waals surface area contributed by atoms with Gasteiger partial charge in [0.2, 0.25) is 0 Å². The molecule has 0 aliphatic heterocycles. The van der Waals surface area contributed by atoms with Gasteiger partial charge in [0.15, 0.2) is 0 Å². The van der Waals surface area contributed by atoms with E-state index in [1.807, 2.05) is 0 Å². The second kappa shape index (κ2) is 6.36. The Labute approximate surface area is 127 Å². The average molecular weight is 287 g/mol. The van der Waals surface area contributed by atoms with E-state index < -0.39 is 0 Å². The molecular formula is C18H25NS. The maximum Gasteiger partial charge on any atom is 0.0272 e. The third kappa shape index (κ3) is 3.67. The highest BCUT2D eigenvalue weighted by Gasteiger charge is 2.18. The summed E-state index contributed by atoms with van der Waals surface area (Å²) in [7, 11) is 0. The summed E-state index contributed by atoms with van der Waals surface area (Å²) in [6.07, 6.45) is 13.0. The summed E-state index contributed by atoms with van der Waals surface area (Å²) < 4.78 is 0. The number of hydrogen-bond acceptors (Lipinski definition) is 2. The van der Waals surface area contributed by atoms with Crippen molar-refractivity contribution in [2.45, 2.75) is 61.6 Å². The SMILES string of the molecule is C[C@@H](N)c1ccc(SC2CCCC2)cc1/C=C/C1CC1. The van der Waals surface area contributed by atoms with Crippen molar-refractivity contribution in [3.8, 4) is 0 Å². The van der Waals surface area contributed by atoms with E-state index in [9.17, 15) is 0 Å². The molecule has 0 spiro atoms. The van der Waals surface area contributed by atoms with Gasteiger partial charge in [-0.15, -0.1) is 11.8 Å². The zero-order valence-electron chi connectivity index (χ0n) is 12.3. The normalized spacial score (nSPS) is 21.7. The molecule has 2 aliphatic carbocycles. The fraction of sp³-hybridized carbons (Fsp3) is 0.556. The van der Waals surface area contributed by atoms with Crippen LogP contribution in [0.2, 0.25) is 0 Å². The lowest BCUT2D eigenvalue weighted by Gasteiger charge is -2.14. The van der Waals surface area contributed by atoms with Crippen molar-refractivity contribution in [1.29, 1.82) is 0 Å². The molecule has 0 heterocycles. The smallest absolute Gasteiger partial charge is 0.0272 e. The van der Waals surface area contributed by atoms with Gasteiger partial charge in [-0.2, -0.15) is 0 Å². The summed E-state index contributed by atoms with van der Waals surface area (Å²) in [6.45, 7) is 2.08. The maximum atomic E-state index is 6.11.